The molecule has 0 N–H and O–H groups in total. The van der Waals surface area contributed by atoms with E-state index in [2.05, 4.69) is 0 Å². The molecule has 1 heterocycles. The minimum absolute atomic E-state index is 0.0617. The average Bonchev–Trinajstić information content (AvgIpc) is 2.89. The maximum Gasteiger partial charge on any atom is 0.261 e. The maximum atomic E-state index is 13.4. The molecule has 0 aliphatic carbocycles. The largest absolute Gasteiger partial charge is 0.497 e. The van der Waals surface area contributed by atoms with Gasteiger partial charge in [-0.25, -0.2) is 4.98 Å². The highest BCUT2D eigenvalue weighted by Gasteiger charge is 2.13. The van der Waals surface area contributed by atoms with E-state index in [0.717, 1.165) is 27.8 Å². The first-order chi connectivity index (χ1) is 16.7. The summed E-state index contributed by atoms with van der Waals surface area (Å²) in [6.07, 6.45) is 0.639. The Bertz CT molecular complexity index is 1530. The molecule has 170 valence electrons. The summed E-state index contributed by atoms with van der Waals surface area (Å²) in [7, 11) is 1.63. The third-order valence-corrected chi connectivity index (χ3v) is 6.15. The van der Waals surface area contributed by atoms with Crippen LogP contribution in [0.3, 0.4) is 0 Å². The lowest BCUT2D eigenvalue weighted by atomic mass is 10.1. The van der Waals surface area contributed by atoms with E-state index in [9.17, 15) is 4.79 Å². The van der Waals surface area contributed by atoms with Gasteiger partial charge in [-0.2, -0.15) is 0 Å². The fourth-order valence-corrected chi connectivity index (χ4v) is 4.33. The van der Waals surface area contributed by atoms with E-state index in [1.54, 1.807) is 11.7 Å². The Kier molecular flexibility index (Phi) is 6.19. The molecule has 0 saturated carbocycles. The quantitative estimate of drug-likeness (QED) is 0.260. The van der Waals surface area contributed by atoms with Crippen molar-refractivity contribution in [2.24, 2.45) is 0 Å². The van der Waals surface area contributed by atoms with Crippen LogP contribution in [0, 0.1) is 0 Å². The van der Waals surface area contributed by atoms with Gasteiger partial charge in [-0.15, -0.1) is 0 Å². The van der Waals surface area contributed by atoms with Crippen molar-refractivity contribution in [3.63, 3.8) is 0 Å². The molecule has 0 spiro atoms. The smallest absolute Gasteiger partial charge is 0.261 e. The Morgan fingerprint density at radius 1 is 0.853 bits per heavy atom. The van der Waals surface area contributed by atoms with Crippen LogP contribution >= 0.6 is 11.6 Å². The molecule has 1 aromatic heterocycles. The van der Waals surface area contributed by atoms with Crippen molar-refractivity contribution in [1.82, 2.24) is 9.55 Å². The molecule has 5 rings (SSSR count). The van der Waals surface area contributed by atoms with Crippen molar-refractivity contribution in [2.45, 2.75) is 13.0 Å². The molecule has 5 aromatic rings. The minimum Gasteiger partial charge on any atom is -0.497 e. The zero-order valence-electron chi connectivity index (χ0n) is 18.7. The minimum atomic E-state index is -0.0617. The summed E-state index contributed by atoms with van der Waals surface area (Å²) in [5.74, 6) is 2.16. The molecular formula is C28H23ClN2O3. The number of hydrogen-bond donors (Lipinski definition) is 0. The van der Waals surface area contributed by atoms with Crippen LogP contribution in [-0.4, -0.2) is 23.3 Å². The van der Waals surface area contributed by atoms with Gasteiger partial charge >= 0.3 is 0 Å². The van der Waals surface area contributed by atoms with Gasteiger partial charge in [-0.05, 0) is 55.0 Å². The number of methoxy groups -OCH3 is 1. The van der Waals surface area contributed by atoms with Gasteiger partial charge in [-0.3, -0.25) is 9.36 Å². The normalized spacial score (nSPS) is 11.1. The molecule has 0 aliphatic rings. The number of halogens is 1. The standard InChI is InChI=1S/C28H23ClN2O3/c1-33-20-13-11-19(12-14-20)27-30-25-10-5-4-9-23(25)28(32)31(27)17-6-18-34-26-16-15-24(29)21-7-2-3-8-22(21)26/h2-5,7-16H,6,17-18H2,1H3. The number of benzene rings is 4. The van der Waals surface area contributed by atoms with Gasteiger partial charge in [0.25, 0.3) is 5.56 Å². The third kappa shape index (κ3) is 4.22. The molecule has 34 heavy (non-hydrogen) atoms. The highest BCUT2D eigenvalue weighted by atomic mass is 35.5. The molecular weight excluding hydrogens is 448 g/mol. The van der Waals surface area contributed by atoms with Crippen LogP contribution in [0.15, 0.2) is 89.7 Å². The van der Waals surface area contributed by atoms with Crippen LogP contribution < -0.4 is 15.0 Å². The summed E-state index contributed by atoms with van der Waals surface area (Å²) >= 11 is 6.32. The van der Waals surface area contributed by atoms with Crippen molar-refractivity contribution in [3.05, 3.63) is 100 Å². The number of fused-ring (bicyclic) bond motifs is 2. The summed E-state index contributed by atoms with van der Waals surface area (Å²) in [5.41, 5.74) is 1.47. The fraction of sp³-hybridized carbons (Fsp3) is 0.143. The van der Waals surface area contributed by atoms with E-state index >= 15 is 0 Å². The van der Waals surface area contributed by atoms with Crippen LogP contribution in [0.1, 0.15) is 6.42 Å². The summed E-state index contributed by atoms with van der Waals surface area (Å²) in [5, 5.41) is 3.22. The lowest BCUT2D eigenvalue weighted by Crippen LogP contribution is -2.24. The first-order valence-corrected chi connectivity index (χ1v) is 11.5. The Labute approximate surface area is 202 Å². The molecule has 0 atom stereocenters. The van der Waals surface area contributed by atoms with Crippen molar-refractivity contribution in [3.8, 4) is 22.9 Å². The monoisotopic (exact) mass is 470 g/mol. The van der Waals surface area contributed by atoms with E-state index in [1.807, 2.05) is 84.9 Å². The number of ether oxygens (including phenoxy) is 2. The van der Waals surface area contributed by atoms with Gasteiger partial charge in [0.1, 0.15) is 17.3 Å². The van der Waals surface area contributed by atoms with Gasteiger partial charge < -0.3 is 9.47 Å². The Morgan fingerprint density at radius 3 is 2.32 bits per heavy atom. The maximum absolute atomic E-state index is 13.4. The topological polar surface area (TPSA) is 53.3 Å². The van der Waals surface area contributed by atoms with E-state index in [4.69, 9.17) is 26.1 Å². The molecule has 0 saturated heterocycles. The van der Waals surface area contributed by atoms with Gasteiger partial charge in [0, 0.05) is 27.9 Å². The highest BCUT2D eigenvalue weighted by Crippen LogP contribution is 2.31. The number of para-hydroxylation sites is 1. The van der Waals surface area contributed by atoms with E-state index in [-0.39, 0.29) is 5.56 Å². The van der Waals surface area contributed by atoms with Crippen molar-refractivity contribution >= 4 is 33.3 Å². The second kappa shape index (κ2) is 9.57. The number of aromatic nitrogens is 2. The fourth-order valence-electron chi connectivity index (χ4n) is 4.10. The lowest BCUT2D eigenvalue weighted by Gasteiger charge is -2.15. The number of rotatable bonds is 7. The van der Waals surface area contributed by atoms with Crippen LogP contribution in [-0.2, 0) is 6.54 Å². The summed E-state index contributed by atoms with van der Waals surface area (Å²) in [6, 6.07) is 26.6. The third-order valence-electron chi connectivity index (χ3n) is 5.82. The Morgan fingerprint density at radius 2 is 1.56 bits per heavy atom. The molecule has 0 fully saturated rings. The van der Waals surface area contributed by atoms with Crippen molar-refractivity contribution < 1.29 is 9.47 Å². The molecule has 4 aromatic carbocycles. The first-order valence-electron chi connectivity index (χ1n) is 11.1. The average molecular weight is 471 g/mol. The van der Waals surface area contributed by atoms with Crippen molar-refractivity contribution in [2.75, 3.05) is 13.7 Å². The zero-order valence-corrected chi connectivity index (χ0v) is 19.5. The van der Waals surface area contributed by atoms with Gasteiger partial charge in [0.2, 0.25) is 0 Å². The second-order valence-electron chi connectivity index (χ2n) is 7.93. The zero-order chi connectivity index (χ0) is 23.5. The van der Waals surface area contributed by atoms with E-state index in [0.29, 0.717) is 41.3 Å². The number of hydrogen-bond acceptors (Lipinski definition) is 4. The summed E-state index contributed by atoms with van der Waals surface area (Å²) in [6.45, 7) is 0.927. The van der Waals surface area contributed by atoms with Gasteiger partial charge in [0.05, 0.1) is 24.6 Å². The van der Waals surface area contributed by atoms with Crippen LogP contribution in [0.5, 0.6) is 11.5 Å². The Balaban J connectivity index is 1.42. The predicted molar refractivity (Wildman–Crippen MR) is 137 cm³/mol. The summed E-state index contributed by atoms with van der Waals surface area (Å²) < 4.78 is 13.1. The van der Waals surface area contributed by atoms with E-state index < -0.39 is 0 Å². The molecule has 0 radical (unpaired) electrons. The Hall–Kier alpha value is -3.83. The lowest BCUT2D eigenvalue weighted by molar-refractivity contribution is 0.304. The summed E-state index contributed by atoms with van der Waals surface area (Å²) in [4.78, 5) is 18.2. The highest BCUT2D eigenvalue weighted by molar-refractivity contribution is 6.35. The molecule has 0 bridgehead atoms. The van der Waals surface area contributed by atoms with Crippen LogP contribution in [0.25, 0.3) is 33.1 Å². The first kappa shape index (κ1) is 22.0. The van der Waals surface area contributed by atoms with Gasteiger partial charge in [0.15, 0.2) is 0 Å². The molecule has 5 nitrogen and oxygen atoms in total. The van der Waals surface area contributed by atoms with E-state index in [1.165, 1.54) is 0 Å². The van der Waals surface area contributed by atoms with Crippen molar-refractivity contribution in [1.29, 1.82) is 0 Å². The second-order valence-corrected chi connectivity index (χ2v) is 8.34. The number of nitrogens with zero attached hydrogens (tertiary/aromatic N) is 2. The molecule has 0 aliphatic heterocycles. The van der Waals surface area contributed by atoms with Crippen LogP contribution in [0.4, 0.5) is 0 Å². The predicted octanol–water partition coefficient (Wildman–Crippen LogP) is 6.35. The molecule has 6 heteroatoms. The van der Waals surface area contributed by atoms with Crippen LogP contribution in [0.2, 0.25) is 5.02 Å². The molecule has 0 amide bonds. The SMILES string of the molecule is COc1ccc(-c2nc3ccccc3c(=O)n2CCCOc2ccc(Cl)c3ccccc23)cc1. The molecule has 0 unspecified atom stereocenters. The van der Waals surface area contributed by atoms with Gasteiger partial charge in [-0.1, -0.05) is 48.0 Å².